The van der Waals surface area contributed by atoms with E-state index in [-0.39, 0.29) is 5.41 Å². The normalized spacial score (nSPS) is 10.8. The maximum atomic E-state index is 7.43. The van der Waals surface area contributed by atoms with Gasteiger partial charge in [-0.3, -0.25) is 0 Å². The minimum atomic E-state index is 0.0633. The van der Waals surface area contributed by atoms with Crippen LogP contribution >= 0.6 is 0 Å². The number of rotatable bonds is 10. The van der Waals surface area contributed by atoms with Gasteiger partial charge in [0.15, 0.2) is 65.1 Å². The van der Waals surface area contributed by atoms with E-state index in [2.05, 4.69) is 334 Å². The zero-order valence-corrected chi connectivity index (χ0v) is 70.1. The minimum absolute atomic E-state index is 0.0633. The molecular weight excluding hydrogens is 1400 g/mol. The van der Waals surface area contributed by atoms with Gasteiger partial charge in [-0.2, -0.15) is 22.8 Å². The molecule has 16 nitrogen and oxygen atoms in total. The molecule has 114 heavy (non-hydrogen) atoms. The zero-order chi connectivity index (χ0) is 81.7. The van der Waals surface area contributed by atoms with Crippen LogP contribution in [0.15, 0.2) is 275 Å². The smallest absolute Gasteiger partial charge is 0.238 e. The summed E-state index contributed by atoms with van der Waals surface area (Å²) in [6.45, 7) is 42.0. The molecule has 0 atom stereocenters. The van der Waals surface area contributed by atoms with Crippen LogP contribution in [0.2, 0.25) is 0 Å². The molecule has 0 unspecified atom stereocenters. The van der Waals surface area contributed by atoms with Crippen LogP contribution in [0.5, 0.6) is 0 Å². The lowest BCUT2D eigenvalue weighted by atomic mass is 9.84. The number of aryl methyl sites for hydroxylation is 13. The molecule has 0 bridgehead atoms. The van der Waals surface area contributed by atoms with E-state index in [1.54, 1.807) is 6.20 Å². The Bertz CT molecular complexity index is 5730. The maximum Gasteiger partial charge on any atom is 0.330 e. The van der Waals surface area contributed by atoms with E-state index < -0.39 is 0 Å². The lowest BCUT2D eigenvalue weighted by Crippen LogP contribution is -2.37. The largest absolute Gasteiger partial charge is 0.330 e. The maximum absolute atomic E-state index is 7.43. The molecule has 15 aromatic rings. The number of hydrogen-bond donors (Lipinski definition) is 0. The molecule has 0 saturated heterocycles. The highest BCUT2D eigenvalue weighted by atomic mass is 15.1. The van der Waals surface area contributed by atoms with Crippen molar-refractivity contribution in [3.8, 4) is 85.4 Å². The third-order valence-electron chi connectivity index (χ3n) is 20.9. The molecule has 570 valence electrons. The number of benzene rings is 5. The molecule has 10 aromatic heterocycles. The molecular formula is C98H108N16+10. The van der Waals surface area contributed by atoms with Gasteiger partial charge >= 0.3 is 29.1 Å². The predicted octanol–water partition coefficient (Wildman–Crippen LogP) is 15.1. The highest BCUT2D eigenvalue weighted by Gasteiger charge is 2.31. The first kappa shape index (κ1) is 81.7. The van der Waals surface area contributed by atoms with E-state index in [1.807, 2.05) is 156 Å². The molecule has 0 aliphatic carbocycles. The summed E-state index contributed by atoms with van der Waals surface area (Å²) in [5.74, 6) is 4.80. The van der Waals surface area contributed by atoms with Gasteiger partial charge in [-0.1, -0.05) is 57.2 Å². The van der Waals surface area contributed by atoms with Gasteiger partial charge in [-0.15, -0.1) is 0 Å². The van der Waals surface area contributed by atoms with Crippen LogP contribution in [-0.2, 0) is 40.7 Å². The van der Waals surface area contributed by atoms with Gasteiger partial charge in [0.25, 0.3) is 0 Å². The molecule has 0 fully saturated rings. The van der Waals surface area contributed by atoms with Crippen LogP contribution in [0.3, 0.4) is 0 Å². The lowest BCUT2D eigenvalue weighted by Gasteiger charge is -2.21. The SMILES string of the molecule is Cc1c(-c2nccc[n+]2C)cc(C(C)(C)C)cc1-[n+]1ccccc1C.Cc1c(-c2nccc[n+]2C)cccc1-[n+]1ccccc1C.Cc1cc(-c2nccc[n+]2C)c(C)c(-[n+]2ccccc2C)c1.Cc1cc(C)c(-[n+]2ccccc2C)c(C)c1-c1nccc[n+]1C.[C-]#[N+]c1cc(-c2nccc[n+]2C)c(C)c(-[n+]2ccccc2C)c1. The molecule has 0 aliphatic heterocycles. The van der Waals surface area contributed by atoms with Crippen LogP contribution in [0, 0.1) is 96.6 Å². The minimum Gasteiger partial charge on any atom is -0.238 e. The summed E-state index contributed by atoms with van der Waals surface area (Å²) in [5.41, 5.74) is 29.4. The van der Waals surface area contributed by atoms with Crippen LogP contribution in [-0.4, -0.2) is 24.9 Å². The van der Waals surface area contributed by atoms with Crippen LogP contribution in [0.1, 0.15) is 99.3 Å². The first-order chi connectivity index (χ1) is 54.7. The topological polar surface area (TPSA) is 108 Å². The Morgan fingerprint density at radius 3 is 1.02 bits per heavy atom. The second-order valence-electron chi connectivity index (χ2n) is 30.3. The molecule has 5 aromatic carbocycles. The number of pyridine rings is 5. The van der Waals surface area contributed by atoms with Gasteiger partial charge in [-0.05, 0) is 133 Å². The van der Waals surface area contributed by atoms with E-state index in [1.165, 1.54) is 107 Å². The molecule has 0 N–H and O–H groups in total. The van der Waals surface area contributed by atoms with Gasteiger partial charge in [0.1, 0.15) is 31.0 Å². The molecule has 16 heteroatoms. The van der Waals surface area contributed by atoms with Crippen molar-refractivity contribution in [3.63, 3.8) is 0 Å². The van der Waals surface area contributed by atoms with Gasteiger partial charge in [0.2, 0.25) is 28.4 Å². The van der Waals surface area contributed by atoms with E-state index in [0.29, 0.717) is 5.69 Å². The molecule has 15 rings (SSSR count). The second kappa shape index (κ2) is 36.3. The Morgan fingerprint density at radius 2 is 0.632 bits per heavy atom. The first-order valence-electron chi connectivity index (χ1n) is 38.6. The predicted molar refractivity (Wildman–Crippen MR) is 448 cm³/mol. The zero-order valence-electron chi connectivity index (χ0n) is 70.1. The van der Waals surface area contributed by atoms with E-state index in [0.717, 1.165) is 57.2 Å². The Balaban J connectivity index is 0.000000141. The van der Waals surface area contributed by atoms with Crippen molar-refractivity contribution in [1.82, 2.24) is 24.9 Å². The average molecular weight is 1510 g/mol. The summed E-state index contributed by atoms with van der Waals surface area (Å²) < 4.78 is 21.3. The van der Waals surface area contributed by atoms with Gasteiger partial charge in [-0.25, -0.2) is 27.7 Å². The van der Waals surface area contributed by atoms with Crippen molar-refractivity contribution in [2.24, 2.45) is 35.2 Å². The average Bonchev–Trinajstić information content (AvgIpc) is 0.779. The summed E-state index contributed by atoms with van der Waals surface area (Å²) in [5, 5.41) is 0. The Kier molecular flexibility index (Phi) is 26.0. The third-order valence-corrected chi connectivity index (χ3v) is 20.9. The highest BCUT2D eigenvalue weighted by molar-refractivity contribution is 5.71. The summed E-state index contributed by atoms with van der Waals surface area (Å²) in [6.07, 6.45) is 29.8. The van der Waals surface area contributed by atoms with E-state index in [9.17, 15) is 0 Å². The molecule has 0 saturated carbocycles. The number of nitrogens with zero attached hydrogens (tertiary/aromatic N) is 16. The van der Waals surface area contributed by atoms with Crippen LogP contribution in [0.25, 0.3) is 90.2 Å². The van der Waals surface area contributed by atoms with Crippen LogP contribution in [0.4, 0.5) is 5.69 Å². The van der Waals surface area contributed by atoms with Crippen molar-refractivity contribution in [1.29, 1.82) is 0 Å². The first-order valence-corrected chi connectivity index (χ1v) is 38.6. The summed E-state index contributed by atoms with van der Waals surface area (Å²) in [7, 11) is 10.1. The quantitative estimate of drug-likeness (QED) is 0.100. The molecule has 0 spiro atoms. The van der Waals surface area contributed by atoms with E-state index in [4.69, 9.17) is 6.57 Å². The molecule has 0 aliphatic rings. The fraction of sp³-hybridized carbons (Fsp3) is 0.224. The van der Waals surface area contributed by atoms with Gasteiger partial charge < -0.3 is 0 Å². The summed E-state index contributed by atoms with van der Waals surface area (Å²) >= 11 is 0. The summed E-state index contributed by atoms with van der Waals surface area (Å²) in [6, 6.07) is 62.4. The van der Waals surface area contributed by atoms with Crippen molar-refractivity contribution < 1.29 is 45.7 Å². The standard InChI is InChI=1S/C22H27N3.C20H23N3.C19H18N4.C19H21N3.C18H19N3/c1-16-10-7-8-13-25(16)20-15-18(22(3,4)5)14-19(17(20)2)21-23-11-9-12-24(21)6;1-14-13-15(2)19(23-12-7-6-9-16(23)3)17(4)18(14)20-21-10-8-11-22(20)5;1-14-8-5-6-11-23(14)18-13-16(20-3)12-17(15(18)2)19-21-9-7-10-22(19)4;1-14-12-17(19-20-9-7-10-21(19)4)16(3)18(13-14)22-11-6-5-8-15(22)2;1-14-8-4-5-13-21(14)17-10-6-9-16(15(17)2)18-19-11-7-12-20(18)3/h7-15H,1-6H3;6-13H,1-5H3;5-13H,1-2,4H3;5-13H,1-4H3;4-13H,1-3H3/q5*+2. The van der Waals surface area contributed by atoms with Crippen LogP contribution < -0.4 is 45.7 Å². The Hall–Kier alpha value is -13.3. The lowest BCUT2D eigenvalue weighted by molar-refractivity contribution is -0.663. The second-order valence-corrected chi connectivity index (χ2v) is 30.3. The van der Waals surface area contributed by atoms with Gasteiger partial charge in [0, 0.05) is 183 Å². The third kappa shape index (κ3) is 18.3. The van der Waals surface area contributed by atoms with Gasteiger partial charge in [0.05, 0.1) is 101 Å². The number of hydrogen-bond acceptors (Lipinski definition) is 5. The monoisotopic (exact) mass is 1510 g/mol. The Labute approximate surface area is 674 Å². The molecule has 0 amide bonds. The fourth-order valence-electron chi connectivity index (χ4n) is 14.7. The molecule has 0 radical (unpaired) electrons. The summed E-state index contributed by atoms with van der Waals surface area (Å²) in [4.78, 5) is 26.5. The van der Waals surface area contributed by atoms with Crippen molar-refractivity contribution >= 4 is 5.69 Å². The Morgan fingerprint density at radius 1 is 0.289 bits per heavy atom. The van der Waals surface area contributed by atoms with E-state index >= 15 is 0 Å². The van der Waals surface area contributed by atoms with Crippen molar-refractivity contribution in [2.75, 3.05) is 0 Å². The fourth-order valence-corrected chi connectivity index (χ4v) is 14.7. The number of aromatic nitrogens is 15. The van der Waals surface area contributed by atoms with Crippen molar-refractivity contribution in [2.45, 2.75) is 116 Å². The molecule has 10 heterocycles. The highest BCUT2D eigenvalue weighted by Crippen LogP contribution is 2.34. The van der Waals surface area contributed by atoms with Crippen molar-refractivity contribution in [3.05, 3.63) is 365 Å².